The Morgan fingerprint density at radius 1 is 1.50 bits per heavy atom. The third-order valence-corrected chi connectivity index (χ3v) is 4.54. The largest absolute Gasteiger partial charge is 0.349 e. The van der Waals surface area contributed by atoms with E-state index in [1.807, 2.05) is 18.2 Å². The molecule has 3 N–H and O–H groups in total. The van der Waals surface area contributed by atoms with Crippen LogP contribution < -0.4 is 11.1 Å². The van der Waals surface area contributed by atoms with E-state index in [0.717, 1.165) is 25.0 Å². The first kappa shape index (κ1) is 15.0. The summed E-state index contributed by atoms with van der Waals surface area (Å²) in [6, 6.07) is 5.79. The quantitative estimate of drug-likeness (QED) is 0.864. The fourth-order valence-corrected chi connectivity index (χ4v) is 3.08. The number of aryl methyl sites for hydroxylation is 1. The molecule has 1 fully saturated rings. The van der Waals surface area contributed by atoms with Crippen LogP contribution in [0.15, 0.2) is 24.4 Å². The molecular formula is C16H25N3O. The summed E-state index contributed by atoms with van der Waals surface area (Å²) in [7, 11) is 0. The number of hydrogen-bond acceptors (Lipinski definition) is 3. The van der Waals surface area contributed by atoms with E-state index in [0.29, 0.717) is 25.3 Å². The number of nitrogens with zero attached hydrogens (tertiary/aromatic N) is 1. The molecule has 1 saturated carbocycles. The Morgan fingerprint density at radius 2 is 2.35 bits per heavy atom. The molecule has 110 valence electrons. The zero-order valence-electron chi connectivity index (χ0n) is 12.3. The van der Waals surface area contributed by atoms with Gasteiger partial charge in [-0.15, -0.1) is 0 Å². The maximum absolute atomic E-state index is 12.2. The Balaban J connectivity index is 1.89. The second-order valence-electron chi connectivity index (χ2n) is 5.88. The van der Waals surface area contributed by atoms with Crippen LogP contribution in [0.5, 0.6) is 0 Å². The lowest BCUT2D eigenvalue weighted by molar-refractivity contribution is -0.124. The van der Waals surface area contributed by atoms with Gasteiger partial charge in [0.05, 0.1) is 5.54 Å². The number of amides is 1. The highest BCUT2D eigenvalue weighted by molar-refractivity contribution is 5.77. The third-order valence-electron chi connectivity index (χ3n) is 4.54. The molecule has 0 bridgehead atoms. The molecule has 1 aromatic heterocycles. The maximum atomic E-state index is 12.2. The normalized spacial score (nSPS) is 26.2. The summed E-state index contributed by atoms with van der Waals surface area (Å²) in [5, 5.41) is 3.21. The van der Waals surface area contributed by atoms with E-state index >= 15 is 0 Å². The molecule has 0 spiro atoms. The van der Waals surface area contributed by atoms with Crippen LogP contribution in [0.3, 0.4) is 0 Å². The first-order chi connectivity index (χ1) is 9.66. The highest BCUT2D eigenvalue weighted by Crippen LogP contribution is 2.32. The van der Waals surface area contributed by atoms with E-state index < -0.39 is 0 Å². The highest BCUT2D eigenvalue weighted by Gasteiger charge is 2.37. The predicted molar refractivity (Wildman–Crippen MR) is 80.1 cm³/mol. The van der Waals surface area contributed by atoms with Crippen molar-refractivity contribution in [3.05, 3.63) is 30.1 Å². The molecule has 1 aliphatic rings. The van der Waals surface area contributed by atoms with Gasteiger partial charge in [-0.1, -0.05) is 25.8 Å². The van der Waals surface area contributed by atoms with Crippen molar-refractivity contribution in [3.8, 4) is 0 Å². The molecule has 1 amide bonds. The van der Waals surface area contributed by atoms with Gasteiger partial charge in [-0.25, -0.2) is 0 Å². The molecule has 20 heavy (non-hydrogen) atoms. The number of carbonyl (C=O) groups excluding carboxylic acids is 1. The van der Waals surface area contributed by atoms with Gasteiger partial charge in [-0.2, -0.15) is 0 Å². The maximum Gasteiger partial charge on any atom is 0.220 e. The average Bonchev–Trinajstić information content (AvgIpc) is 2.49. The van der Waals surface area contributed by atoms with Crippen LogP contribution in [-0.2, 0) is 11.2 Å². The van der Waals surface area contributed by atoms with Gasteiger partial charge in [0.15, 0.2) is 0 Å². The van der Waals surface area contributed by atoms with Crippen molar-refractivity contribution in [2.45, 2.75) is 51.0 Å². The lowest BCUT2D eigenvalue weighted by Gasteiger charge is -2.42. The highest BCUT2D eigenvalue weighted by atomic mass is 16.1. The van der Waals surface area contributed by atoms with Gasteiger partial charge in [-0.3, -0.25) is 9.78 Å². The summed E-state index contributed by atoms with van der Waals surface area (Å²) >= 11 is 0. The second-order valence-corrected chi connectivity index (χ2v) is 5.88. The van der Waals surface area contributed by atoms with E-state index in [1.165, 1.54) is 6.42 Å². The Hall–Kier alpha value is -1.42. The molecule has 1 aromatic rings. The number of hydrogen-bond donors (Lipinski definition) is 2. The van der Waals surface area contributed by atoms with Crippen LogP contribution in [0.4, 0.5) is 0 Å². The summed E-state index contributed by atoms with van der Waals surface area (Å²) in [5.74, 6) is 0.551. The minimum Gasteiger partial charge on any atom is -0.349 e. The second kappa shape index (κ2) is 6.84. The molecule has 0 saturated heterocycles. The SMILES string of the molecule is CC1CCCCC1(CN)NC(=O)CCc1ccccn1. The summed E-state index contributed by atoms with van der Waals surface area (Å²) in [6.45, 7) is 2.73. The molecule has 2 atom stereocenters. The van der Waals surface area contributed by atoms with E-state index in [4.69, 9.17) is 5.73 Å². The average molecular weight is 275 g/mol. The van der Waals surface area contributed by atoms with Crippen molar-refractivity contribution in [2.75, 3.05) is 6.54 Å². The number of rotatable bonds is 5. The summed E-state index contributed by atoms with van der Waals surface area (Å²) in [6.07, 6.45) is 7.47. The van der Waals surface area contributed by atoms with Gasteiger partial charge in [0.1, 0.15) is 0 Å². The molecule has 0 aliphatic heterocycles. The molecular weight excluding hydrogens is 250 g/mol. The van der Waals surface area contributed by atoms with Crippen LogP contribution in [0.25, 0.3) is 0 Å². The van der Waals surface area contributed by atoms with Crippen molar-refractivity contribution < 1.29 is 4.79 Å². The lowest BCUT2D eigenvalue weighted by atomic mass is 9.73. The van der Waals surface area contributed by atoms with Crippen LogP contribution in [0, 0.1) is 5.92 Å². The van der Waals surface area contributed by atoms with Gasteiger partial charge in [0.2, 0.25) is 5.91 Å². The molecule has 1 heterocycles. The van der Waals surface area contributed by atoms with Crippen molar-refractivity contribution in [1.29, 1.82) is 0 Å². The molecule has 1 aliphatic carbocycles. The van der Waals surface area contributed by atoms with E-state index in [9.17, 15) is 4.79 Å². The first-order valence-electron chi connectivity index (χ1n) is 7.57. The Bertz CT molecular complexity index is 435. The summed E-state index contributed by atoms with van der Waals surface area (Å²) in [5.41, 5.74) is 6.72. The number of pyridine rings is 1. The van der Waals surface area contributed by atoms with Gasteiger partial charge in [0, 0.05) is 24.9 Å². The standard InChI is InChI=1S/C16H25N3O/c1-13-6-2-4-10-16(13,12-17)19-15(20)9-8-14-7-3-5-11-18-14/h3,5,7,11,13H,2,4,6,8-10,12,17H2,1H3,(H,19,20). The number of nitrogens with one attached hydrogen (secondary N) is 1. The molecule has 0 radical (unpaired) electrons. The fraction of sp³-hybridized carbons (Fsp3) is 0.625. The Morgan fingerprint density at radius 3 is 3.00 bits per heavy atom. The van der Waals surface area contributed by atoms with Crippen LogP contribution in [0.2, 0.25) is 0 Å². The van der Waals surface area contributed by atoms with Gasteiger partial charge in [0.25, 0.3) is 0 Å². The molecule has 2 rings (SSSR count). The number of carbonyl (C=O) groups is 1. The van der Waals surface area contributed by atoms with Crippen molar-refractivity contribution in [2.24, 2.45) is 11.7 Å². The molecule has 4 heteroatoms. The fourth-order valence-electron chi connectivity index (χ4n) is 3.08. The van der Waals surface area contributed by atoms with E-state index in [-0.39, 0.29) is 11.4 Å². The van der Waals surface area contributed by atoms with Crippen molar-refractivity contribution in [3.63, 3.8) is 0 Å². The third kappa shape index (κ3) is 3.57. The van der Waals surface area contributed by atoms with Gasteiger partial charge >= 0.3 is 0 Å². The van der Waals surface area contributed by atoms with Crippen LogP contribution >= 0.6 is 0 Å². The summed E-state index contributed by atoms with van der Waals surface area (Å²) < 4.78 is 0. The van der Waals surface area contributed by atoms with Gasteiger partial charge in [-0.05, 0) is 37.3 Å². The number of nitrogens with two attached hydrogens (primary N) is 1. The topological polar surface area (TPSA) is 68.0 Å². The lowest BCUT2D eigenvalue weighted by Crippen LogP contribution is -2.59. The number of aromatic nitrogens is 1. The van der Waals surface area contributed by atoms with Crippen molar-refractivity contribution in [1.82, 2.24) is 10.3 Å². The summed E-state index contributed by atoms with van der Waals surface area (Å²) in [4.78, 5) is 16.4. The van der Waals surface area contributed by atoms with Crippen LogP contribution in [0.1, 0.15) is 44.7 Å². The van der Waals surface area contributed by atoms with E-state index in [2.05, 4.69) is 17.2 Å². The molecule has 2 unspecified atom stereocenters. The Kier molecular flexibility index (Phi) is 5.12. The van der Waals surface area contributed by atoms with Gasteiger partial charge < -0.3 is 11.1 Å². The minimum absolute atomic E-state index is 0.0925. The molecule has 0 aromatic carbocycles. The Labute approximate surface area is 121 Å². The van der Waals surface area contributed by atoms with Crippen LogP contribution in [-0.4, -0.2) is 23.0 Å². The van der Waals surface area contributed by atoms with E-state index in [1.54, 1.807) is 6.20 Å². The predicted octanol–water partition coefficient (Wildman–Crippen LogP) is 2.04. The molecule has 4 nitrogen and oxygen atoms in total. The zero-order valence-corrected chi connectivity index (χ0v) is 12.3. The zero-order chi connectivity index (χ0) is 14.4. The minimum atomic E-state index is -0.195. The first-order valence-corrected chi connectivity index (χ1v) is 7.57. The monoisotopic (exact) mass is 275 g/mol. The van der Waals surface area contributed by atoms with Crippen molar-refractivity contribution >= 4 is 5.91 Å². The smallest absolute Gasteiger partial charge is 0.220 e.